The van der Waals surface area contributed by atoms with Crippen molar-refractivity contribution >= 4 is 23.2 Å². The zero-order chi connectivity index (χ0) is 18.6. The molecule has 138 valence electrons. The molecule has 6 nitrogen and oxygen atoms in total. The Morgan fingerprint density at radius 1 is 1.22 bits per heavy atom. The van der Waals surface area contributed by atoms with Gasteiger partial charge in [-0.25, -0.2) is 0 Å². The van der Waals surface area contributed by atoms with Gasteiger partial charge in [0.25, 0.3) is 5.91 Å². The summed E-state index contributed by atoms with van der Waals surface area (Å²) in [7, 11) is 0. The third-order valence-electron chi connectivity index (χ3n) is 4.74. The summed E-state index contributed by atoms with van der Waals surface area (Å²) in [6, 6.07) is 12.8. The maximum absolute atomic E-state index is 13.2. The molecule has 0 fully saturated rings. The van der Waals surface area contributed by atoms with Gasteiger partial charge in [0.05, 0.1) is 11.1 Å². The van der Waals surface area contributed by atoms with Crippen LogP contribution in [0, 0.1) is 0 Å². The van der Waals surface area contributed by atoms with Gasteiger partial charge in [-0.2, -0.15) is 5.10 Å². The summed E-state index contributed by atoms with van der Waals surface area (Å²) in [5.74, 6) is -0.268. The first-order valence-electron chi connectivity index (χ1n) is 8.89. The average Bonchev–Trinajstić information content (AvgIpc) is 3.39. The largest absolute Gasteiger partial charge is 0.339 e. The van der Waals surface area contributed by atoms with Crippen LogP contribution < -0.4 is 5.32 Å². The van der Waals surface area contributed by atoms with E-state index in [0.29, 0.717) is 24.4 Å². The second kappa shape index (κ2) is 7.75. The molecule has 2 N–H and O–H groups in total. The van der Waals surface area contributed by atoms with Crippen molar-refractivity contribution in [3.05, 3.63) is 75.7 Å². The number of carbonyl (C=O) groups excluding carboxylic acids is 2. The highest BCUT2D eigenvalue weighted by Crippen LogP contribution is 2.18. The van der Waals surface area contributed by atoms with Crippen molar-refractivity contribution in [1.82, 2.24) is 20.4 Å². The SMILES string of the molecule is O=C(NC(Cc1ccccc1)C(=O)N1CCc2[nH]ncc2C1)c1cccs1. The second-order valence-corrected chi connectivity index (χ2v) is 7.52. The van der Waals surface area contributed by atoms with Crippen LogP contribution in [0.15, 0.2) is 54.0 Å². The molecule has 3 heterocycles. The lowest BCUT2D eigenvalue weighted by atomic mass is 10.0. The molecule has 4 rings (SSSR count). The van der Waals surface area contributed by atoms with Crippen molar-refractivity contribution in [2.75, 3.05) is 6.54 Å². The molecule has 0 radical (unpaired) electrons. The number of nitrogens with one attached hydrogen (secondary N) is 2. The van der Waals surface area contributed by atoms with Crippen LogP contribution in [0.4, 0.5) is 0 Å². The van der Waals surface area contributed by atoms with Gasteiger partial charge in [0, 0.05) is 37.2 Å². The maximum Gasteiger partial charge on any atom is 0.262 e. The number of amides is 2. The van der Waals surface area contributed by atoms with Crippen LogP contribution in [0.2, 0.25) is 0 Å². The van der Waals surface area contributed by atoms with Gasteiger partial charge < -0.3 is 10.2 Å². The fourth-order valence-corrected chi connectivity index (χ4v) is 3.94. The Kier molecular flexibility index (Phi) is 5.02. The minimum atomic E-state index is -0.601. The Morgan fingerprint density at radius 3 is 2.85 bits per heavy atom. The van der Waals surface area contributed by atoms with Gasteiger partial charge in [-0.3, -0.25) is 14.7 Å². The van der Waals surface area contributed by atoms with Crippen molar-refractivity contribution in [2.24, 2.45) is 0 Å². The van der Waals surface area contributed by atoms with Crippen molar-refractivity contribution in [2.45, 2.75) is 25.4 Å². The zero-order valence-electron chi connectivity index (χ0n) is 14.7. The number of thiophene rings is 1. The number of aromatic nitrogens is 2. The summed E-state index contributed by atoms with van der Waals surface area (Å²) < 4.78 is 0. The van der Waals surface area contributed by atoms with E-state index >= 15 is 0 Å². The standard InChI is InChI=1S/C20H20N4O2S/c25-19(18-7-4-10-27-18)22-17(11-14-5-2-1-3-6-14)20(26)24-9-8-16-15(13-24)12-21-23-16/h1-7,10,12,17H,8-9,11,13H2,(H,21,23)(H,22,25). The highest BCUT2D eigenvalue weighted by atomic mass is 32.1. The molecule has 0 bridgehead atoms. The number of carbonyl (C=O) groups is 2. The number of benzene rings is 1. The minimum absolute atomic E-state index is 0.0596. The van der Waals surface area contributed by atoms with Gasteiger partial charge >= 0.3 is 0 Å². The van der Waals surface area contributed by atoms with Crippen LogP contribution in [0.25, 0.3) is 0 Å². The Hall–Kier alpha value is -2.93. The number of nitrogens with zero attached hydrogens (tertiary/aromatic N) is 2. The Balaban J connectivity index is 1.53. The smallest absolute Gasteiger partial charge is 0.262 e. The van der Waals surface area contributed by atoms with Gasteiger partial charge in [-0.1, -0.05) is 36.4 Å². The number of H-pyrrole nitrogens is 1. The Morgan fingerprint density at radius 2 is 2.07 bits per heavy atom. The molecule has 27 heavy (non-hydrogen) atoms. The minimum Gasteiger partial charge on any atom is -0.339 e. The van der Waals surface area contributed by atoms with E-state index in [1.165, 1.54) is 11.3 Å². The van der Waals surface area contributed by atoms with Gasteiger partial charge in [-0.05, 0) is 17.0 Å². The number of aromatic amines is 1. The lowest BCUT2D eigenvalue weighted by Crippen LogP contribution is -2.50. The van der Waals surface area contributed by atoms with E-state index in [-0.39, 0.29) is 11.8 Å². The third kappa shape index (κ3) is 3.93. The number of hydrogen-bond donors (Lipinski definition) is 2. The molecule has 1 aromatic carbocycles. The van der Waals surface area contributed by atoms with E-state index in [1.807, 2.05) is 41.8 Å². The molecule has 0 saturated heterocycles. The highest BCUT2D eigenvalue weighted by Gasteiger charge is 2.29. The summed E-state index contributed by atoms with van der Waals surface area (Å²) in [6.07, 6.45) is 2.98. The Bertz CT molecular complexity index is 921. The normalized spacial score (nSPS) is 14.4. The second-order valence-electron chi connectivity index (χ2n) is 6.58. The van der Waals surface area contributed by atoms with Gasteiger partial charge in [0.2, 0.25) is 5.91 Å². The molecule has 1 atom stereocenters. The predicted octanol–water partition coefficient (Wildman–Crippen LogP) is 2.40. The summed E-state index contributed by atoms with van der Waals surface area (Å²) in [5.41, 5.74) is 3.14. The van der Waals surface area contributed by atoms with E-state index in [1.54, 1.807) is 17.2 Å². The number of hydrogen-bond acceptors (Lipinski definition) is 4. The molecule has 0 spiro atoms. The quantitative estimate of drug-likeness (QED) is 0.713. The molecule has 1 aliphatic rings. The maximum atomic E-state index is 13.2. The first kappa shape index (κ1) is 17.5. The van der Waals surface area contributed by atoms with E-state index in [2.05, 4.69) is 15.5 Å². The molecular weight excluding hydrogens is 360 g/mol. The van der Waals surface area contributed by atoms with Gasteiger partial charge in [-0.15, -0.1) is 11.3 Å². The summed E-state index contributed by atoms with van der Waals surface area (Å²) in [4.78, 5) is 28.2. The third-order valence-corrected chi connectivity index (χ3v) is 5.61. The van der Waals surface area contributed by atoms with E-state index < -0.39 is 6.04 Å². The fourth-order valence-electron chi connectivity index (χ4n) is 3.32. The van der Waals surface area contributed by atoms with Gasteiger partial charge in [0.15, 0.2) is 0 Å². The predicted molar refractivity (Wildman–Crippen MR) is 103 cm³/mol. The molecule has 3 aromatic rings. The molecule has 2 amide bonds. The lowest BCUT2D eigenvalue weighted by molar-refractivity contribution is -0.134. The van der Waals surface area contributed by atoms with Crippen LogP contribution >= 0.6 is 11.3 Å². The van der Waals surface area contributed by atoms with E-state index in [0.717, 1.165) is 23.2 Å². The van der Waals surface area contributed by atoms with Gasteiger partial charge in [0.1, 0.15) is 6.04 Å². The first-order valence-corrected chi connectivity index (χ1v) is 9.77. The van der Waals surface area contributed by atoms with Crippen LogP contribution in [-0.2, 0) is 24.2 Å². The van der Waals surface area contributed by atoms with Crippen molar-refractivity contribution in [3.8, 4) is 0 Å². The molecule has 1 unspecified atom stereocenters. The molecule has 0 aliphatic carbocycles. The number of rotatable bonds is 5. The van der Waals surface area contributed by atoms with Crippen molar-refractivity contribution < 1.29 is 9.59 Å². The molecule has 7 heteroatoms. The van der Waals surface area contributed by atoms with Crippen molar-refractivity contribution in [1.29, 1.82) is 0 Å². The highest BCUT2D eigenvalue weighted by molar-refractivity contribution is 7.12. The summed E-state index contributed by atoms with van der Waals surface area (Å²) in [5, 5.41) is 11.8. The van der Waals surface area contributed by atoms with E-state index in [4.69, 9.17) is 0 Å². The zero-order valence-corrected chi connectivity index (χ0v) is 15.5. The Labute approximate surface area is 161 Å². The monoisotopic (exact) mass is 380 g/mol. The van der Waals surface area contributed by atoms with E-state index in [9.17, 15) is 9.59 Å². The molecule has 1 aliphatic heterocycles. The summed E-state index contributed by atoms with van der Waals surface area (Å²) >= 11 is 1.37. The fraction of sp³-hybridized carbons (Fsp3) is 0.250. The molecule has 2 aromatic heterocycles. The topological polar surface area (TPSA) is 78.1 Å². The van der Waals surface area contributed by atoms with Crippen LogP contribution in [0.5, 0.6) is 0 Å². The van der Waals surface area contributed by atoms with Crippen LogP contribution in [0.1, 0.15) is 26.5 Å². The average molecular weight is 380 g/mol. The number of fused-ring (bicyclic) bond motifs is 1. The lowest BCUT2D eigenvalue weighted by Gasteiger charge is -2.30. The summed E-state index contributed by atoms with van der Waals surface area (Å²) in [6.45, 7) is 1.14. The van der Waals surface area contributed by atoms with Crippen molar-refractivity contribution in [3.63, 3.8) is 0 Å². The van der Waals surface area contributed by atoms with Crippen LogP contribution in [0.3, 0.4) is 0 Å². The van der Waals surface area contributed by atoms with Crippen LogP contribution in [-0.4, -0.2) is 39.5 Å². The first-order chi connectivity index (χ1) is 13.2. The molecular formula is C20H20N4O2S. The molecule has 0 saturated carbocycles.